The number of rotatable bonds is 9. The van der Waals surface area contributed by atoms with Crippen LogP contribution in [-0.4, -0.2) is 38.8 Å². The van der Waals surface area contributed by atoms with Crippen LogP contribution < -0.4 is 10.2 Å². The molecule has 1 N–H and O–H groups in total. The van der Waals surface area contributed by atoms with Crippen LogP contribution in [0, 0.1) is 5.92 Å². The molecule has 8 heteroatoms. The highest BCUT2D eigenvalue weighted by atomic mass is 35.5. The molecule has 0 aromatic heterocycles. The second kappa shape index (κ2) is 10.5. The van der Waals surface area contributed by atoms with Gasteiger partial charge >= 0.3 is 0 Å². The van der Waals surface area contributed by atoms with Crippen molar-refractivity contribution in [1.29, 1.82) is 0 Å². The maximum Gasteiger partial charge on any atom is 0.243 e. The zero-order chi connectivity index (χ0) is 23.3. The lowest BCUT2D eigenvalue weighted by atomic mass is 10.1. The first-order valence-corrected chi connectivity index (χ1v) is 12.2. The summed E-state index contributed by atoms with van der Waals surface area (Å²) in [6, 6.07) is 11.7. The molecular weight excluding hydrogens is 434 g/mol. The average Bonchev–Trinajstić information content (AvgIpc) is 2.71. The summed E-state index contributed by atoms with van der Waals surface area (Å²) in [5.41, 5.74) is 2.33. The predicted octanol–water partition coefficient (Wildman–Crippen LogP) is 4.99. The Morgan fingerprint density at radius 3 is 2.32 bits per heavy atom. The van der Waals surface area contributed by atoms with E-state index in [-0.39, 0.29) is 29.3 Å². The van der Waals surface area contributed by atoms with Crippen LogP contribution in [0.1, 0.15) is 39.7 Å². The largest absolute Gasteiger partial charge is 0.377 e. The molecule has 1 amide bonds. The Labute approximate surface area is 191 Å². The lowest BCUT2D eigenvalue weighted by Crippen LogP contribution is -2.38. The number of hydrogen-bond acceptors (Lipinski definition) is 4. The second-order valence-corrected chi connectivity index (χ2v) is 10.5. The van der Waals surface area contributed by atoms with E-state index >= 15 is 0 Å². The van der Waals surface area contributed by atoms with Gasteiger partial charge in [0.2, 0.25) is 15.9 Å². The number of halogens is 1. The van der Waals surface area contributed by atoms with Crippen molar-refractivity contribution in [2.45, 2.75) is 51.6 Å². The molecule has 1 atom stereocenters. The minimum absolute atomic E-state index is 0.0890. The second-order valence-electron chi connectivity index (χ2n) is 8.15. The fraction of sp³-hybridized carbons (Fsp3) is 0.435. The predicted molar refractivity (Wildman–Crippen MR) is 128 cm³/mol. The molecule has 0 radical (unpaired) electrons. The van der Waals surface area contributed by atoms with Gasteiger partial charge in [0.1, 0.15) is 0 Å². The summed E-state index contributed by atoms with van der Waals surface area (Å²) < 4.78 is 28.5. The fourth-order valence-corrected chi connectivity index (χ4v) is 5.11. The van der Waals surface area contributed by atoms with Crippen molar-refractivity contribution in [3.8, 4) is 0 Å². The van der Waals surface area contributed by atoms with Gasteiger partial charge in [-0.3, -0.25) is 4.79 Å². The molecule has 0 spiro atoms. The molecule has 170 valence electrons. The van der Waals surface area contributed by atoms with Gasteiger partial charge in [-0.05, 0) is 55.3 Å². The van der Waals surface area contributed by atoms with Crippen LogP contribution >= 0.6 is 11.6 Å². The Morgan fingerprint density at radius 1 is 1.10 bits per heavy atom. The zero-order valence-electron chi connectivity index (χ0n) is 19.0. The average molecular weight is 466 g/mol. The van der Waals surface area contributed by atoms with Gasteiger partial charge in [-0.25, -0.2) is 8.42 Å². The third kappa shape index (κ3) is 6.21. The Balaban J connectivity index is 2.52. The van der Waals surface area contributed by atoms with Gasteiger partial charge in [-0.15, -0.1) is 0 Å². The molecule has 2 aromatic carbocycles. The van der Waals surface area contributed by atoms with Gasteiger partial charge in [0.15, 0.2) is 0 Å². The van der Waals surface area contributed by atoms with E-state index in [4.69, 9.17) is 11.6 Å². The molecule has 2 aromatic rings. The highest BCUT2D eigenvalue weighted by Gasteiger charge is 2.29. The minimum Gasteiger partial charge on any atom is -0.377 e. The zero-order valence-corrected chi connectivity index (χ0v) is 20.6. The van der Waals surface area contributed by atoms with Gasteiger partial charge in [0, 0.05) is 49.0 Å². The third-order valence-corrected chi connectivity index (χ3v) is 7.36. The van der Waals surface area contributed by atoms with E-state index in [0.29, 0.717) is 17.1 Å². The molecule has 0 unspecified atom stereocenters. The quantitative estimate of drug-likeness (QED) is 0.566. The van der Waals surface area contributed by atoms with Crippen molar-refractivity contribution in [2.24, 2.45) is 5.92 Å². The van der Waals surface area contributed by atoms with Crippen LogP contribution in [0.25, 0.3) is 0 Å². The minimum atomic E-state index is -3.78. The molecule has 0 saturated carbocycles. The summed E-state index contributed by atoms with van der Waals surface area (Å²) in [7, 11) is 0.0321. The molecule has 2 rings (SSSR count). The van der Waals surface area contributed by atoms with Gasteiger partial charge in [-0.2, -0.15) is 4.31 Å². The monoisotopic (exact) mass is 465 g/mol. The molecule has 0 saturated heterocycles. The van der Waals surface area contributed by atoms with Crippen LogP contribution in [0.15, 0.2) is 47.4 Å². The molecule has 0 aliphatic rings. The standard InChI is InChI=1S/C23H32ClN3O3S/c1-7-17(4)27(31(29,30)21-10-8-9-19(24)14-21)15-18-13-20(25-23(28)16(2)3)11-12-22(18)26(5)6/h8-14,16-17H,7,15H2,1-6H3,(H,25,28)/t17-/m1/s1. The first kappa shape index (κ1) is 25.2. The topological polar surface area (TPSA) is 69.7 Å². The molecule has 0 aliphatic heterocycles. The summed E-state index contributed by atoms with van der Waals surface area (Å²) in [5, 5.41) is 3.27. The van der Waals surface area contributed by atoms with Crippen molar-refractivity contribution in [3.05, 3.63) is 53.1 Å². The van der Waals surface area contributed by atoms with E-state index < -0.39 is 10.0 Å². The van der Waals surface area contributed by atoms with Gasteiger partial charge in [0.05, 0.1) is 4.90 Å². The normalized spacial score (nSPS) is 12.8. The van der Waals surface area contributed by atoms with E-state index in [1.807, 2.05) is 64.9 Å². The van der Waals surface area contributed by atoms with E-state index in [0.717, 1.165) is 11.3 Å². The summed E-state index contributed by atoms with van der Waals surface area (Å²) >= 11 is 6.06. The third-order valence-electron chi connectivity index (χ3n) is 5.16. The van der Waals surface area contributed by atoms with Crippen molar-refractivity contribution < 1.29 is 13.2 Å². The molecule has 0 fully saturated rings. The van der Waals surface area contributed by atoms with E-state index in [1.165, 1.54) is 10.4 Å². The van der Waals surface area contributed by atoms with Crippen molar-refractivity contribution >= 4 is 38.9 Å². The Kier molecular flexibility index (Phi) is 8.51. The number of amides is 1. The molecule has 0 aliphatic carbocycles. The number of anilines is 2. The molecular formula is C23H32ClN3O3S. The van der Waals surface area contributed by atoms with E-state index in [2.05, 4.69) is 5.32 Å². The maximum absolute atomic E-state index is 13.5. The lowest BCUT2D eigenvalue weighted by Gasteiger charge is -2.30. The van der Waals surface area contributed by atoms with Crippen molar-refractivity contribution in [1.82, 2.24) is 4.31 Å². The van der Waals surface area contributed by atoms with Crippen LogP contribution in [0.3, 0.4) is 0 Å². The van der Waals surface area contributed by atoms with Crippen LogP contribution in [0.5, 0.6) is 0 Å². The maximum atomic E-state index is 13.5. The molecule has 31 heavy (non-hydrogen) atoms. The highest BCUT2D eigenvalue weighted by Crippen LogP contribution is 2.29. The molecule has 0 bridgehead atoms. The van der Waals surface area contributed by atoms with E-state index in [9.17, 15) is 13.2 Å². The van der Waals surface area contributed by atoms with Gasteiger partial charge < -0.3 is 10.2 Å². The molecule has 6 nitrogen and oxygen atoms in total. The number of carbonyl (C=O) groups excluding carboxylic acids is 1. The Morgan fingerprint density at radius 2 is 1.77 bits per heavy atom. The van der Waals surface area contributed by atoms with Crippen LogP contribution in [0.2, 0.25) is 5.02 Å². The number of nitrogens with zero attached hydrogens (tertiary/aromatic N) is 2. The summed E-state index contributed by atoms with van der Waals surface area (Å²) in [4.78, 5) is 14.3. The summed E-state index contributed by atoms with van der Waals surface area (Å²) in [6.07, 6.45) is 0.654. The summed E-state index contributed by atoms with van der Waals surface area (Å²) in [6.45, 7) is 7.67. The number of carbonyl (C=O) groups is 1. The number of benzene rings is 2. The smallest absolute Gasteiger partial charge is 0.243 e. The Bertz CT molecular complexity index is 1020. The van der Waals surface area contributed by atoms with Crippen LogP contribution in [0.4, 0.5) is 11.4 Å². The first-order chi connectivity index (χ1) is 14.5. The lowest BCUT2D eigenvalue weighted by molar-refractivity contribution is -0.118. The first-order valence-electron chi connectivity index (χ1n) is 10.4. The van der Waals surface area contributed by atoms with Crippen molar-refractivity contribution in [3.63, 3.8) is 0 Å². The Hall–Kier alpha value is -2.09. The number of nitrogens with one attached hydrogen (secondary N) is 1. The number of sulfonamides is 1. The fourth-order valence-electron chi connectivity index (χ4n) is 3.12. The van der Waals surface area contributed by atoms with Crippen LogP contribution in [-0.2, 0) is 21.4 Å². The van der Waals surface area contributed by atoms with Gasteiger partial charge in [-0.1, -0.05) is 38.4 Å². The highest BCUT2D eigenvalue weighted by molar-refractivity contribution is 7.89. The van der Waals surface area contributed by atoms with Crippen molar-refractivity contribution in [2.75, 3.05) is 24.3 Å². The molecule has 0 heterocycles. The van der Waals surface area contributed by atoms with E-state index in [1.54, 1.807) is 18.2 Å². The number of hydrogen-bond donors (Lipinski definition) is 1. The van der Waals surface area contributed by atoms with Gasteiger partial charge in [0.25, 0.3) is 0 Å². The SMILES string of the molecule is CC[C@@H](C)N(Cc1cc(NC(=O)C(C)C)ccc1N(C)C)S(=O)(=O)c1cccc(Cl)c1. The summed E-state index contributed by atoms with van der Waals surface area (Å²) in [5.74, 6) is -0.245.